The van der Waals surface area contributed by atoms with Crippen LogP contribution < -0.4 is 5.32 Å². The topological polar surface area (TPSA) is 57.4 Å². The Balaban J connectivity index is 1.56. The summed E-state index contributed by atoms with van der Waals surface area (Å²) in [5.41, 5.74) is 3.61. The normalized spacial score (nSPS) is 23.0. The van der Waals surface area contributed by atoms with Crippen molar-refractivity contribution in [2.75, 3.05) is 0 Å². The second-order valence-corrected chi connectivity index (χ2v) is 8.06. The van der Waals surface area contributed by atoms with Gasteiger partial charge in [-0.2, -0.15) is 0 Å². The van der Waals surface area contributed by atoms with Crippen LogP contribution in [0.5, 0.6) is 0 Å². The molecular weight excluding hydrogens is 348 g/mol. The van der Waals surface area contributed by atoms with E-state index in [0.29, 0.717) is 6.54 Å². The molecule has 0 saturated heterocycles. The van der Waals surface area contributed by atoms with E-state index in [1.165, 1.54) is 32.6 Å². The number of hydrogen-bond acceptors (Lipinski definition) is 3. The summed E-state index contributed by atoms with van der Waals surface area (Å²) in [6.07, 6.45) is 1.43. The van der Waals surface area contributed by atoms with Crippen LogP contribution in [0.25, 0.3) is 32.6 Å². The van der Waals surface area contributed by atoms with Crippen molar-refractivity contribution >= 4 is 32.6 Å². The Kier molecular flexibility index (Phi) is 4.35. The monoisotopic (exact) mass is 374 g/mol. The fraction of sp³-hybridized carbons (Fsp3) is 0.333. The van der Waals surface area contributed by atoms with Crippen molar-refractivity contribution < 1.29 is 10.2 Å². The maximum atomic E-state index is 10.2. The number of aliphatic hydroxyl groups excluding tert-OH is 2. The maximum absolute atomic E-state index is 10.2. The van der Waals surface area contributed by atoms with Gasteiger partial charge >= 0.3 is 0 Å². The molecule has 5 rings (SSSR count). The number of aromatic nitrogens is 1. The predicted molar refractivity (Wildman–Crippen MR) is 114 cm³/mol. The molecule has 3 atom stereocenters. The van der Waals surface area contributed by atoms with Crippen molar-refractivity contribution in [3.8, 4) is 0 Å². The first-order valence-electron chi connectivity index (χ1n) is 10.1. The molecule has 3 aromatic carbocycles. The molecule has 1 unspecified atom stereocenters. The van der Waals surface area contributed by atoms with Gasteiger partial charge < -0.3 is 20.1 Å². The molecule has 4 aromatic rings. The van der Waals surface area contributed by atoms with Crippen molar-refractivity contribution in [1.29, 1.82) is 0 Å². The van der Waals surface area contributed by atoms with Crippen LogP contribution in [0.2, 0.25) is 0 Å². The minimum Gasteiger partial charge on any atom is -0.391 e. The van der Waals surface area contributed by atoms with Crippen molar-refractivity contribution in [1.82, 2.24) is 9.88 Å². The first kappa shape index (κ1) is 17.7. The van der Waals surface area contributed by atoms with Crippen LogP contribution in [0.3, 0.4) is 0 Å². The van der Waals surface area contributed by atoms with Gasteiger partial charge in [0.2, 0.25) is 0 Å². The molecule has 0 spiro atoms. The largest absolute Gasteiger partial charge is 0.391 e. The van der Waals surface area contributed by atoms with Gasteiger partial charge in [-0.05, 0) is 53.8 Å². The van der Waals surface area contributed by atoms with Crippen LogP contribution in [0.4, 0.5) is 0 Å². The zero-order valence-electron chi connectivity index (χ0n) is 16.1. The number of benzene rings is 3. The van der Waals surface area contributed by atoms with Crippen molar-refractivity contribution in [2.45, 2.75) is 44.1 Å². The molecule has 1 heterocycles. The molecule has 0 amide bonds. The van der Waals surface area contributed by atoms with Gasteiger partial charge in [0.15, 0.2) is 0 Å². The highest BCUT2D eigenvalue weighted by Gasteiger charge is 2.30. The lowest BCUT2D eigenvalue weighted by Gasteiger charge is -2.33. The molecule has 4 heteroatoms. The summed E-state index contributed by atoms with van der Waals surface area (Å²) >= 11 is 0. The molecule has 1 aromatic heterocycles. The summed E-state index contributed by atoms with van der Waals surface area (Å²) in [5.74, 6) is 0. The van der Waals surface area contributed by atoms with E-state index in [4.69, 9.17) is 0 Å². The number of aliphatic hydroxyl groups is 2. The molecule has 0 aliphatic heterocycles. The van der Waals surface area contributed by atoms with Crippen LogP contribution in [-0.4, -0.2) is 33.0 Å². The summed E-state index contributed by atoms with van der Waals surface area (Å²) in [6, 6.07) is 19.2. The average molecular weight is 374 g/mol. The van der Waals surface area contributed by atoms with Crippen LogP contribution in [0.15, 0.2) is 54.6 Å². The van der Waals surface area contributed by atoms with E-state index in [9.17, 15) is 10.2 Å². The molecule has 1 fully saturated rings. The number of fused-ring (bicyclic) bond motifs is 5. The first-order chi connectivity index (χ1) is 13.6. The highest BCUT2D eigenvalue weighted by atomic mass is 16.3. The Labute approximate surface area is 164 Å². The highest BCUT2D eigenvalue weighted by Crippen LogP contribution is 2.34. The van der Waals surface area contributed by atoms with Crippen molar-refractivity contribution in [3.05, 3.63) is 60.2 Å². The smallest absolute Gasteiger partial charge is 0.0718 e. The van der Waals surface area contributed by atoms with Gasteiger partial charge in [0.1, 0.15) is 0 Å². The Morgan fingerprint density at radius 3 is 2.50 bits per heavy atom. The van der Waals surface area contributed by atoms with Gasteiger partial charge in [0.05, 0.1) is 18.2 Å². The summed E-state index contributed by atoms with van der Waals surface area (Å²) in [4.78, 5) is 0. The fourth-order valence-electron chi connectivity index (χ4n) is 4.80. The average Bonchev–Trinajstić information content (AvgIpc) is 3.00. The molecule has 4 nitrogen and oxygen atoms in total. The third kappa shape index (κ3) is 2.80. The van der Waals surface area contributed by atoms with Crippen LogP contribution in [0.1, 0.15) is 24.8 Å². The van der Waals surface area contributed by atoms with E-state index in [2.05, 4.69) is 71.5 Å². The number of nitrogens with zero attached hydrogens (tertiary/aromatic N) is 1. The van der Waals surface area contributed by atoms with E-state index in [-0.39, 0.29) is 6.04 Å². The van der Waals surface area contributed by atoms with Crippen LogP contribution in [-0.2, 0) is 13.6 Å². The van der Waals surface area contributed by atoms with E-state index < -0.39 is 12.2 Å². The lowest BCUT2D eigenvalue weighted by Crippen LogP contribution is -2.50. The van der Waals surface area contributed by atoms with Gasteiger partial charge in [-0.1, -0.05) is 36.4 Å². The first-order valence-corrected chi connectivity index (χ1v) is 10.1. The van der Waals surface area contributed by atoms with Crippen molar-refractivity contribution in [2.24, 2.45) is 7.05 Å². The van der Waals surface area contributed by atoms with Crippen molar-refractivity contribution in [3.63, 3.8) is 0 Å². The maximum Gasteiger partial charge on any atom is 0.0718 e. The third-order valence-corrected chi connectivity index (χ3v) is 6.33. The van der Waals surface area contributed by atoms with E-state index >= 15 is 0 Å². The van der Waals surface area contributed by atoms with Gasteiger partial charge in [-0.3, -0.25) is 0 Å². The molecule has 0 bridgehead atoms. The second-order valence-electron chi connectivity index (χ2n) is 8.06. The molecule has 144 valence electrons. The molecular formula is C24H26N2O2. The molecule has 1 saturated carbocycles. The Bertz CT molecular complexity index is 1150. The Morgan fingerprint density at radius 2 is 1.68 bits per heavy atom. The van der Waals surface area contributed by atoms with E-state index in [1.54, 1.807) is 0 Å². The number of hydrogen-bond donors (Lipinski definition) is 3. The lowest BCUT2D eigenvalue weighted by atomic mass is 9.90. The molecule has 1 aliphatic carbocycles. The highest BCUT2D eigenvalue weighted by molar-refractivity contribution is 6.20. The minimum atomic E-state index is -0.478. The second kappa shape index (κ2) is 6.89. The van der Waals surface area contributed by atoms with E-state index in [1.807, 2.05) is 0 Å². The Hall–Kier alpha value is -2.40. The SMILES string of the molecule is Cn1c2ccc(CNC3[C@H](O)CCC[C@@H]3O)cc2c2c3ccccc3ccc21. The lowest BCUT2D eigenvalue weighted by molar-refractivity contribution is 0.000878. The number of rotatable bonds is 3. The van der Waals surface area contributed by atoms with Crippen LogP contribution in [0, 0.1) is 0 Å². The number of aryl methyl sites for hydroxylation is 1. The van der Waals surface area contributed by atoms with Gasteiger partial charge in [-0.15, -0.1) is 0 Å². The standard InChI is InChI=1S/C24H26N2O2/c1-26-19-11-9-15(14-25-24-21(27)7-4-8-22(24)28)13-18(19)23-17-6-3-2-5-16(17)10-12-20(23)26/h2-3,5-6,9-13,21-22,24-25,27-28H,4,7-8,14H2,1H3/t21-,22+,24?. The fourth-order valence-corrected chi connectivity index (χ4v) is 4.80. The summed E-state index contributed by atoms with van der Waals surface area (Å²) in [6.45, 7) is 0.635. The van der Waals surface area contributed by atoms with Gasteiger partial charge in [0.25, 0.3) is 0 Å². The molecule has 3 N–H and O–H groups in total. The molecule has 1 aliphatic rings. The Morgan fingerprint density at radius 1 is 0.929 bits per heavy atom. The molecule has 0 radical (unpaired) electrons. The zero-order valence-corrected chi connectivity index (χ0v) is 16.1. The van der Waals surface area contributed by atoms with Gasteiger partial charge in [0, 0.05) is 35.4 Å². The minimum absolute atomic E-state index is 0.252. The van der Waals surface area contributed by atoms with Gasteiger partial charge in [-0.25, -0.2) is 0 Å². The van der Waals surface area contributed by atoms with Crippen LogP contribution >= 0.6 is 0 Å². The summed E-state index contributed by atoms with van der Waals surface area (Å²) in [5, 5.41) is 28.9. The van der Waals surface area contributed by atoms with E-state index in [0.717, 1.165) is 24.8 Å². The number of nitrogens with one attached hydrogen (secondary N) is 1. The zero-order chi connectivity index (χ0) is 19.3. The summed E-state index contributed by atoms with van der Waals surface area (Å²) < 4.78 is 2.25. The molecule has 28 heavy (non-hydrogen) atoms. The summed E-state index contributed by atoms with van der Waals surface area (Å²) in [7, 11) is 2.12. The quantitative estimate of drug-likeness (QED) is 0.511. The third-order valence-electron chi connectivity index (χ3n) is 6.33. The predicted octanol–water partition coefficient (Wildman–Crippen LogP) is 3.85.